The number of thiazole rings is 1. The third-order valence-corrected chi connectivity index (χ3v) is 7.46. The van der Waals surface area contributed by atoms with Crippen molar-refractivity contribution in [3.63, 3.8) is 0 Å². The first-order valence-corrected chi connectivity index (χ1v) is 12.5. The van der Waals surface area contributed by atoms with Crippen molar-refractivity contribution in [3.8, 4) is 12.3 Å². The van der Waals surface area contributed by atoms with E-state index in [2.05, 4.69) is 10.9 Å². The van der Waals surface area contributed by atoms with Gasteiger partial charge in [-0.05, 0) is 24.8 Å². The maximum Gasteiger partial charge on any atom is 0.270 e. The molecule has 0 bridgehead atoms. The number of terminal acetylenes is 1. The number of hydrogen-bond acceptors (Lipinski definition) is 7. The summed E-state index contributed by atoms with van der Waals surface area (Å²) in [5, 5.41) is 11.0. The number of nitro groups is 1. The smallest absolute Gasteiger partial charge is 0.270 e. The van der Waals surface area contributed by atoms with Gasteiger partial charge in [-0.1, -0.05) is 24.2 Å². The lowest BCUT2D eigenvalue weighted by molar-refractivity contribution is -0.384. The number of amides is 2. The first kappa shape index (κ1) is 23.6. The Morgan fingerprint density at radius 2 is 2.12 bits per heavy atom. The van der Waals surface area contributed by atoms with Crippen LogP contribution in [-0.4, -0.2) is 59.2 Å². The van der Waals surface area contributed by atoms with Crippen molar-refractivity contribution in [2.75, 3.05) is 24.6 Å². The Morgan fingerprint density at radius 1 is 1.38 bits per heavy atom. The largest absolute Gasteiger partial charge is 0.342 e. The van der Waals surface area contributed by atoms with Gasteiger partial charge >= 0.3 is 0 Å². The number of non-ortho nitro benzene ring substituents is 1. The van der Waals surface area contributed by atoms with Crippen LogP contribution < -0.4 is 4.80 Å². The standard InChI is InChI=1S/C20H22N4O6S2/c1-3-8-23-16-7-6-15(24(27)28)10-17(16)31-20(23)21-18(25)12-32(29,30)13-19(26)22-9-4-5-14(2)11-22/h1,6-7,10,14H,4-5,8-9,11-13H2,2H3. The quantitative estimate of drug-likeness (QED) is 0.350. The van der Waals surface area contributed by atoms with E-state index in [0.29, 0.717) is 29.2 Å². The van der Waals surface area contributed by atoms with E-state index >= 15 is 0 Å². The van der Waals surface area contributed by atoms with Gasteiger partial charge in [0.1, 0.15) is 11.5 Å². The number of hydrogen-bond donors (Lipinski definition) is 0. The van der Waals surface area contributed by atoms with Crippen LogP contribution in [0.5, 0.6) is 0 Å². The number of benzene rings is 1. The lowest BCUT2D eigenvalue weighted by Crippen LogP contribution is -2.42. The summed E-state index contributed by atoms with van der Waals surface area (Å²) >= 11 is 0.992. The highest BCUT2D eigenvalue weighted by Gasteiger charge is 2.27. The highest BCUT2D eigenvalue weighted by atomic mass is 32.2. The van der Waals surface area contributed by atoms with E-state index in [9.17, 15) is 28.1 Å². The first-order chi connectivity index (χ1) is 15.1. The zero-order valence-corrected chi connectivity index (χ0v) is 19.0. The van der Waals surface area contributed by atoms with Crippen LogP contribution in [0.3, 0.4) is 0 Å². The van der Waals surface area contributed by atoms with Gasteiger partial charge in [-0.25, -0.2) is 8.42 Å². The molecule has 1 fully saturated rings. The molecule has 0 radical (unpaired) electrons. The van der Waals surface area contributed by atoms with Gasteiger partial charge in [-0.3, -0.25) is 19.7 Å². The van der Waals surface area contributed by atoms with Gasteiger partial charge in [0, 0.05) is 25.2 Å². The van der Waals surface area contributed by atoms with Crippen LogP contribution in [0.2, 0.25) is 0 Å². The number of nitrogens with zero attached hydrogens (tertiary/aromatic N) is 4. The summed E-state index contributed by atoms with van der Waals surface area (Å²) in [7, 11) is -4.01. The van der Waals surface area contributed by atoms with E-state index in [1.807, 2.05) is 6.92 Å². The van der Waals surface area contributed by atoms with Crippen molar-refractivity contribution >= 4 is 48.9 Å². The number of carbonyl (C=O) groups excluding carboxylic acids is 2. The predicted molar refractivity (Wildman–Crippen MR) is 120 cm³/mol. The van der Waals surface area contributed by atoms with Gasteiger partial charge in [-0.2, -0.15) is 4.99 Å². The first-order valence-electron chi connectivity index (χ1n) is 9.86. The minimum Gasteiger partial charge on any atom is -0.342 e. The summed E-state index contributed by atoms with van der Waals surface area (Å²) in [5.74, 6) is -0.372. The average Bonchev–Trinajstić information content (AvgIpc) is 3.03. The van der Waals surface area contributed by atoms with E-state index in [4.69, 9.17) is 6.42 Å². The Balaban J connectivity index is 1.82. The Morgan fingerprint density at radius 3 is 2.78 bits per heavy atom. The number of rotatable bonds is 6. The number of aromatic nitrogens is 1. The average molecular weight is 479 g/mol. The number of fused-ring (bicyclic) bond motifs is 1. The zero-order chi connectivity index (χ0) is 23.5. The summed E-state index contributed by atoms with van der Waals surface area (Å²) in [5.41, 5.74) is 0.417. The van der Waals surface area contributed by atoms with Crippen LogP contribution in [0.4, 0.5) is 5.69 Å². The normalized spacial score (nSPS) is 17.3. The molecule has 1 saturated heterocycles. The van der Waals surface area contributed by atoms with Crippen LogP contribution in [0.25, 0.3) is 10.2 Å². The van der Waals surface area contributed by atoms with Crippen molar-refractivity contribution in [2.45, 2.75) is 26.3 Å². The molecule has 170 valence electrons. The van der Waals surface area contributed by atoms with Gasteiger partial charge in [-0.15, -0.1) is 6.42 Å². The van der Waals surface area contributed by atoms with E-state index < -0.39 is 38.1 Å². The molecular weight excluding hydrogens is 456 g/mol. The summed E-state index contributed by atoms with van der Waals surface area (Å²) in [6.07, 6.45) is 7.20. The van der Waals surface area contributed by atoms with Crippen LogP contribution >= 0.6 is 11.3 Å². The van der Waals surface area contributed by atoms with Crippen molar-refractivity contribution in [1.29, 1.82) is 0 Å². The molecule has 1 aliphatic heterocycles. The highest BCUT2D eigenvalue weighted by molar-refractivity contribution is 7.92. The second kappa shape index (κ2) is 9.62. The molecule has 0 spiro atoms. The van der Waals surface area contributed by atoms with Crippen molar-refractivity contribution in [3.05, 3.63) is 33.1 Å². The maximum absolute atomic E-state index is 12.4. The molecule has 32 heavy (non-hydrogen) atoms. The van der Waals surface area contributed by atoms with Crippen molar-refractivity contribution < 1.29 is 22.9 Å². The van der Waals surface area contributed by atoms with Crippen LogP contribution in [0.1, 0.15) is 19.8 Å². The molecule has 2 aromatic rings. The van der Waals surface area contributed by atoms with Crippen LogP contribution in [0.15, 0.2) is 23.2 Å². The molecule has 12 heteroatoms. The summed E-state index contributed by atoms with van der Waals surface area (Å²) in [4.78, 5) is 40.8. The summed E-state index contributed by atoms with van der Waals surface area (Å²) in [6, 6.07) is 4.15. The third-order valence-electron chi connectivity index (χ3n) is 5.04. The Bertz CT molecular complexity index is 1290. The monoisotopic (exact) mass is 478 g/mol. The minimum atomic E-state index is -4.01. The summed E-state index contributed by atoms with van der Waals surface area (Å²) in [6.45, 7) is 3.06. The van der Waals surface area contributed by atoms with Gasteiger partial charge in [0.2, 0.25) is 5.91 Å². The van der Waals surface area contributed by atoms with E-state index in [1.54, 1.807) is 0 Å². The molecule has 0 aliphatic carbocycles. The number of piperidine rings is 1. The molecule has 0 N–H and O–H groups in total. The maximum atomic E-state index is 12.4. The number of likely N-dealkylation sites (tertiary alicyclic amines) is 1. The van der Waals surface area contributed by atoms with E-state index in [0.717, 1.165) is 24.2 Å². The molecule has 1 atom stereocenters. The molecule has 3 rings (SSSR count). The molecule has 1 aromatic heterocycles. The molecule has 0 saturated carbocycles. The molecule has 10 nitrogen and oxygen atoms in total. The fourth-order valence-corrected chi connectivity index (χ4v) is 5.76. The van der Waals surface area contributed by atoms with Gasteiger partial charge in [0.05, 0.1) is 21.7 Å². The highest BCUT2D eigenvalue weighted by Crippen LogP contribution is 2.23. The lowest BCUT2D eigenvalue weighted by atomic mass is 10.0. The Hall–Kier alpha value is -3.04. The predicted octanol–water partition coefficient (Wildman–Crippen LogP) is 1.34. The van der Waals surface area contributed by atoms with Crippen molar-refractivity contribution in [1.82, 2.24) is 9.47 Å². The van der Waals surface area contributed by atoms with E-state index in [-0.39, 0.29) is 17.0 Å². The molecule has 1 aliphatic rings. The number of nitro benzene ring substituents is 1. The Labute approximate surface area is 188 Å². The molecular formula is C20H22N4O6S2. The molecule has 1 aromatic carbocycles. The topological polar surface area (TPSA) is 132 Å². The van der Waals surface area contributed by atoms with Gasteiger partial charge in [0.25, 0.3) is 11.6 Å². The fraction of sp³-hybridized carbons (Fsp3) is 0.450. The zero-order valence-electron chi connectivity index (χ0n) is 17.4. The van der Waals surface area contributed by atoms with Gasteiger partial charge in [0.15, 0.2) is 14.6 Å². The fourth-order valence-electron chi connectivity index (χ4n) is 3.58. The third kappa shape index (κ3) is 5.60. The Kier molecular flexibility index (Phi) is 7.10. The number of sulfone groups is 1. The minimum absolute atomic E-state index is 0.0440. The van der Waals surface area contributed by atoms with Gasteiger partial charge < -0.3 is 9.47 Å². The molecule has 1 unspecified atom stereocenters. The molecule has 2 amide bonds. The lowest BCUT2D eigenvalue weighted by Gasteiger charge is -2.30. The summed E-state index contributed by atoms with van der Waals surface area (Å²) < 4.78 is 26.9. The van der Waals surface area contributed by atoms with Crippen molar-refractivity contribution in [2.24, 2.45) is 10.9 Å². The number of carbonyl (C=O) groups is 2. The van der Waals surface area contributed by atoms with Crippen LogP contribution in [0, 0.1) is 28.4 Å². The molecule has 2 heterocycles. The van der Waals surface area contributed by atoms with E-state index in [1.165, 1.54) is 27.7 Å². The SMILES string of the molecule is C#CCn1c(=NC(=O)CS(=O)(=O)CC(=O)N2CCCC(C)C2)sc2cc([N+](=O)[O-])ccc21. The second-order valence-electron chi connectivity index (χ2n) is 7.71. The second-order valence-corrected chi connectivity index (χ2v) is 10.8. The van der Waals surface area contributed by atoms with Crippen LogP contribution in [-0.2, 0) is 26.0 Å².